The van der Waals surface area contributed by atoms with Crippen LogP contribution in [0.4, 0.5) is 0 Å². The number of nitrogens with two attached hydrogens (primary N) is 5. The molecule has 27 heteroatoms. The molecule has 19 N–H and O–H groups in total. The van der Waals surface area contributed by atoms with Crippen molar-refractivity contribution >= 4 is 86.8 Å². The molecular weight excluding hydrogens is 1000 g/mol. The molecule has 8 atom stereocenters. The van der Waals surface area contributed by atoms with E-state index in [-0.39, 0.29) is 108 Å². The number of guanidine groups is 2. The van der Waals surface area contributed by atoms with Crippen LogP contribution in [0.25, 0.3) is 10.9 Å². The maximum absolute atomic E-state index is 14.6. The molecule has 1 saturated heterocycles. The molecule has 0 radical (unpaired) electrons. The van der Waals surface area contributed by atoms with E-state index in [0.29, 0.717) is 11.1 Å². The highest BCUT2D eigenvalue weighted by Crippen LogP contribution is 2.20. The second-order valence-electron chi connectivity index (χ2n) is 18.3. The summed E-state index contributed by atoms with van der Waals surface area (Å²) in [6, 6.07) is 6.21. The number of H-pyrrole nitrogens is 1. The summed E-state index contributed by atoms with van der Waals surface area (Å²) in [4.78, 5) is 136. The third-order valence-corrected chi connectivity index (χ3v) is 12.9. The third kappa shape index (κ3) is 21.0. The van der Waals surface area contributed by atoms with Gasteiger partial charge in [-0.25, -0.2) is 0 Å². The second kappa shape index (κ2) is 30.9. The smallest absolute Gasteiger partial charge is 0.243 e. The number of amides is 9. The number of para-hydroxylation sites is 1. The van der Waals surface area contributed by atoms with Crippen molar-refractivity contribution in [3.63, 3.8) is 0 Å². The number of fused-ring (bicyclic) bond motifs is 1. The molecular formula is C49H72N16O10S. The lowest BCUT2D eigenvalue weighted by Crippen LogP contribution is -2.60. The fourth-order valence-electron chi connectivity index (χ4n) is 8.22. The normalized spacial score (nSPS) is 21.4. The minimum atomic E-state index is -1.51. The first-order chi connectivity index (χ1) is 36.2. The second-order valence-corrected chi connectivity index (χ2v) is 19.8. The van der Waals surface area contributed by atoms with Crippen molar-refractivity contribution in [1.82, 2.24) is 47.5 Å². The molecule has 414 valence electrons. The summed E-state index contributed by atoms with van der Waals surface area (Å²) in [5.74, 6) is -7.67. The average molecular weight is 1080 g/mol. The van der Waals surface area contributed by atoms with Crippen LogP contribution >= 0.6 is 0 Å². The molecule has 1 aromatic heterocycles. The molecule has 4 rings (SSSR count). The Morgan fingerprint density at radius 3 is 1.93 bits per heavy atom. The van der Waals surface area contributed by atoms with Crippen LogP contribution in [0.5, 0.6) is 0 Å². The number of carbonyl (C=O) groups excluding carboxylic acids is 9. The maximum atomic E-state index is 14.6. The zero-order valence-electron chi connectivity index (χ0n) is 42.7. The van der Waals surface area contributed by atoms with Crippen LogP contribution in [0.2, 0.25) is 0 Å². The third-order valence-electron chi connectivity index (χ3n) is 12.1. The first-order valence-electron chi connectivity index (χ1n) is 24.9. The number of hydrogen-bond acceptors (Lipinski definition) is 12. The Hall–Kier alpha value is -8.10. The molecule has 0 bridgehead atoms. The van der Waals surface area contributed by atoms with Crippen LogP contribution in [0, 0.1) is 0 Å². The van der Waals surface area contributed by atoms with Crippen LogP contribution in [-0.4, -0.2) is 148 Å². The molecule has 3 aromatic rings. The quantitative estimate of drug-likeness (QED) is 0.0314. The molecule has 2 aromatic carbocycles. The molecule has 0 spiro atoms. The van der Waals surface area contributed by atoms with E-state index in [1.807, 2.05) is 18.2 Å². The minimum absolute atomic E-state index is 0.0284. The van der Waals surface area contributed by atoms with Gasteiger partial charge in [-0.15, -0.1) is 0 Å². The Balaban J connectivity index is 1.78. The highest BCUT2D eigenvalue weighted by Gasteiger charge is 2.35. The number of aromatic amines is 1. The Morgan fingerprint density at radius 1 is 0.711 bits per heavy atom. The number of carbonyl (C=O) groups is 9. The average Bonchev–Trinajstić information content (AvgIpc) is 3.78. The van der Waals surface area contributed by atoms with E-state index in [4.69, 9.17) is 28.7 Å². The van der Waals surface area contributed by atoms with Crippen molar-refractivity contribution < 1.29 is 47.4 Å². The fraction of sp³-hybridized carbons (Fsp3) is 0.490. The van der Waals surface area contributed by atoms with E-state index < -0.39 is 106 Å². The van der Waals surface area contributed by atoms with E-state index in [1.165, 1.54) is 13.2 Å². The summed E-state index contributed by atoms with van der Waals surface area (Å²) in [6.45, 7) is 1.32. The van der Waals surface area contributed by atoms with Crippen molar-refractivity contribution in [2.45, 2.75) is 120 Å². The number of hydrogen-bond donors (Lipinski definition) is 14. The largest absolute Gasteiger partial charge is 0.370 e. The summed E-state index contributed by atoms with van der Waals surface area (Å²) in [7, 11) is -1.49. The maximum Gasteiger partial charge on any atom is 0.243 e. The fourth-order valence-corrected chi connectivity index (χ4v) is 8.79. The van der Waals surface area contributed by atoms with Gasteiger partial charge in [0.25, 0.3) is 0 Å². The Labute approximate surface area is 442 Å². The van der Waals surface area contributed by atoms with E-state index in [1.54, 1.807) is 42.6 Å². The summed E-state index contributed by atoms with van der Waals surface area (Å²) < 4.78 is 12.5. The molecule has 26 nitrogen and oxygen atoms in total. The lowest BCUT2D eigenvalue weighted by Gasteiger charge is -2.28. The Morgan fingerprint density at radius 2 is 1.29 bits per heavy atom. The number of benzene rings is 2. The number of nitrogens with zero attached hydrogens (tertiary/aromatic N) is 2. The molecule has 1 fully saturated rings. The van der Waals surface area contributed by atoms with Gasteiger partial charge in [0.1, 0.15) is 42.3 Å². The summed E-state index contributed by atoms with van der Waals surface area (Å²) in [6.07, 6.45) is 2.33. The van der Waals surface area contributed by atoms with Crippen molar-refractivity contribution in [1.29, 1.82) is 0 Å². The van der Waals surface area contributed by atoms with Crippen molar-refractivity contribution in [3.05, 3.63) is 71.9 Å². The molecule has 1 unspecified atom stereocenters. The molecule has 76 heavy (non-hydrogen) atoms. The molecule has 0 aliphatic carbocycles. The van der Waals surface area contributed by atoms with E-state index in [2.05, 4.69) is 57.5 Å². The number of nitrogens with one attached hydrogen (secondary N) is 9. The molecule has 9 amide bonds. The predicted molar refractivity (Wildman–Crippen MR) is 285 cm³/mol. The van der Waals surface area contributed by atoms with Gasteiger partial charge in [0, 0.05) is 85.7 Å². The van der Waals surface area contributed by atoms with Crippen molar-refractivity contribution in [2.75, 3.05) is 31.6 Å². The minimum Gasteiger partial charge on any atom is -0.370 e. The highest BCUT2D eigenvalue weighted by molar-refractivity contribution is 7.84. The summed E-state index contributed by atoms with van der Waals surface area (Å²) >= 11 is 0. The zero-order chi connectivity index (χ0) is 55.7. The number of aromatic nitrogens is 1. The van der Waals surface area contributed by atoms with E-state index in [9.17, 15) is 47.4 Å². The molecule has 1 aliphatic rings. The molecule has 0 saturated carbocycles. The van der Waals surface area contributed by atoms with Gasteiger partial charge in [0.15, 0.2) is 11.9 Å². The first kappa shape index (κ1) is 60.5. The Kier molecular flexibility index (Phi) is 24.6. The van der Waals surface area contributed by atoms with Gasteiger partial charge >= 0.3 is 0 Å². The van der Waals surface area contributed by atoms with Gasteiger partial charge in [-0.2, -0.15) is 0 Å². The molecule has 1 aliphatic heterocycles. The highest BCUT2D eigenvalue weighted by atomic mass is 32.2. The van der Waals surface area contributed by atoms with Crippen LogP contribution in [0.1, 0.15) is 75.8 Å². The van der Waals surface area contributed by atoms with Gasteiger partial charge in [0.2, 0.25) is 53.2 Å². The van der Waals surface area contributed by atoms with Crippen LogP contribution < -0.4 is 71.2 Å². The lowest BCUT2D eigenvalue weighted by atomic mass is 10.0. The van der Waals surface area contributed by atoms with E-state index in [0.717, 1.165) is 10.9 Å². The van der Waals surface area contributed by atoms with Crippen LogP contribution in [0.3, 0.4) is 0 Å². The monoisotopic (exact) mass is 1080 g/mol. The van der Waals surface area contributed by atoms with Crippen LogP contribution in [0.15, 0.2) is 70.8 Å². The standard InChI is InChI=1S/C49H72N16O10S/c1-28(66)59-34(16-9-22-56-48(51)52)42(69)62-36-18-19-40(67)55-21-8-15-33(41(50)68)60-47(74)39(26-30-27-58-32-14-7-6-13-31(30)32)65-43(70)35(17-10-23-57-49(53)54)61-46(73)38(25-29-11-4-3-5-12-29)64-45(72)37(63-44(36)71)20-24-76(2)75/h3-7,11-14,27,33-39,58H,8-10,15-26H2,1-2H3,(H2,50,68)(H,55,67)(H,59,66)(H,60,74)(H,61,73)(H,62,69)(H,63,71)(H,64,72)(H,65,70)(H4,51,52,56)(H4,53,54,57)/t33-,34-,35-,36-,37-,38+,39-,76?/m0/s1. The SMILES string of the molecule is CC(=O)N[C@@H](CCCN=C(N)N)C(=O)N[C@H]1CCC(=O)NCCC[C@@H](C(N)=O)NC(=O)[C@H](Cc2c[nH]c3ccccc23)NC(=O)[C@H](CCCN=C(N)N)NC(=O)[C@@H](Cc2ccccc2)NC(=O)[C@H](CCS(C)=O)NC1=O. The molecule has 2 heterocycles. The topological polar surface area (TPSA) is 438 Å². The van der Waals surface area contributed by atoms with Gasteiger partial charge < -0.3 is 76.2 Å². The number of rotatable bonds is 19. The van der Waals surface area contributed by atoms with Gasteiger partial charge in [-0.05, 0) is 68.6 Å². The van der Waals surface area contributed by atoms with Crippen molar-refractivity contribution in [2.24, 2.45) is 38.7 Å². The van der Waals surface area contributed by atoms with E-state index >= 15 is 0 Å². The summed E-state index contributed by atoms with van der Waals surface area (Å²) in [5.41, 5.74) is 29.7. The first-order valence-corrected chi connectivity index (χ1v) is 26.6. The number of aliphatic imine (C=N–C) groups is 2. The number of primary amides is 1. The predicted octanol–water partition coefficient (Wildman–Crippen LogP) is -3.58. The van der Waals surface area contributed by atoms with Crippen molar-refractivity contribution in [3.8, 4) is 0 Å². The Bertz CT molecular complexity index is 2590. The van der Waals surface area contributed by atoms with Crippen LogP contribution in [-0.2, 0) is 66.8 Å². The van der Waals surface area contributed by atoms with Gasteiger partial charge in [-0.1, -0.05) is 48.5 Å². The summed E-state index contributed by atoms with van der Waals surface area (Å²) in [5, 5.41) is 22.0. The van der Waals surface area contributed by atoms with Gasteiger partial charge in [0.05, 0.1) is 0 Å². The zero-order valence-corrected chi connectivity index (χ0v) is 43.5. The van der Waals surface area contributed by atoms with Gasteiger partial charge in [-0.3, -0.25) is 57.3 Å². The lowest BCUT2D eigenvalue weighted by molar-refractivity contribution is -0.136.